The predicted octanol–water partition coefficient (Wildman–Crippen LogP) is 2.55. The maximum Gasteiger partial charge on any atom is 0.330 e. The molecular formula is C22H21F2N5O3. The smallest absolute Gasteiger partial charge is 0.330 e. The fourth-order valence-electron chi connectivity index (χ4n) is 5.05. The van der Waals surface area contributed by atoms with Gasteiger partial charge >= 0.3 is 11.6 Å². The van der Waals surface area contributed by atoms with Gasteiger partial charge in [0.15, 0.2) is 5.65 Å². The Morgan fingerprint density at radius 3 is 2.81 bits per heavy atom. The van der Waals surface area contributed by atoms with Crippen molar-refractivity contribution >= 4 is 22.6 Å². The normalized spacial score (nSPS) is 25.9. The van der Waals surface area contributed by atoms with E-state index in [2.05, 4.69) is 11.1 Å². The summed E-state index contributed by atoms with van der Waals surface area (Å²) in [4.78, 5) is 35.5. The largest absolute Gasteiger partial charge is 0.441 e. The van der Waals surface area contributed by atoms with Crippen LogP contribution in [0.1, 0.15) is 29.2 Å². The van der Waals surface area contributed by atoms with Gasteiger partial charge < -0.3 is 9.32 Å². The number of hydrogen-bond donors (Lipinski definition) is 0. The number of allylic oxidation sites excluding steroid dienone is 1. The van der Waals surface area contributed by atoms with Crippen LogP contribution in [0.2, 0.25) is 0 Å². The van der Waals surface area contributed by atoms with Crippen LogP contribution in [-0.2, 0) is 13.6 Å². The first-order valence-electron chi connectivity index (χ1n) is 10.7. The molecule has 8 nitrogen and oxygen atoms in total. The number of aromatic nitrogens is 4. The second kappa shape index (κ2) is 6.60. The summed E-state index contributed by atoms with van der Waals surface area (Å²) in [5.74, 6) is -3.03. The zero-order valence-electron chi connectivity index (χ0n) is 17.4. The minimum atomic E-state index is -2.68. The van der Waals surface area contributed by atoms with Crippen LogP contribution in [0.5, 0.6) is 0 Å². The van der Waals surface area contributed by atoms with Crippen LogP contribution in [0.3, 0.4) is 0 Å². The number of oxazole rings is 1. The third-order valence-corrected chi connectivity index (χ3v) is 6.96. The summed E-state index contributed by atoms with van der Waals surface area (Å²) in [5.41, 5.74) is 2.60. The Bertz CT molecular complexity index is 1320. The molecule has 1 aliphatic heterocycles. The molecule has 1 saturated heterocycles. The number of aryl methyl sites for hydroxylation is 1. The average Bonchev–Trinajstić information content (AvgIpc) is 3.32. The first-order valence-corrected chi connectivity index (χ1v) is 10.7. The van der Waals surface area contributed by atoms with Crippen LogP contribution in [0.4, 0.5) is 8.78 Å². The van der Waals surface area contributed by atoms with Crippen molar-refractivity contribution in [3.05, 3.63) is 52.7 Å². The molecule has 6 rings (SSSR count). The third-order valence-electron chi connectivity index (χ3n) is 6.96. The maximum atomic E-state index is 13.4. The van der Waals surface area contributed by atoms with Crippen molar-refractivity contribution in [2.45, 2.75) is 25.3 Å². The second-order valence-corrected chi connectivity index (χ2v) is 9.02. The van der Waals surface area contributed by atoms with Crippen LogP contribution in [0.25, 0.3) is 16.7 Å². The van der Waals surface area contributed by atoms with E-state index in [1.807, 2.05) is 6.07 Å². The monoisotopic (exact) mass is 441 g/mol. The fraction of sp³-hybridized carbons (Fsp3) is 0.455. The van der Waals surface area contributed by atoms with Gasteiger partial charge in [-0.05, 0) is 36.0 Å². The van der Waals surface area contributed by atoms with Gasteiger partial charge in [0.05, 0.1) is 17.4 Å². The topological polar surface area (TPSA) is 86.2 Å². The number of rotatable bonds is 4. The maximum absolute atomic E-state index is 13.4. The van der Waals surface area contributed by atoms with E-state index in [-0.39, 0.29) is 36.4 Å². The molecule has 0 aromatic carbocycles. The zero-order valence-corrected chi connectivity index (χ0v) is 17.4. The van der Waals surface area contributed by atoms with Crippen molar-refractivity contribution < 1.29 is 18.0 Å². The Kier molecular flexibility index (Phi) is 4.00. The molecule has 4 heterocycles. The molecule has 166 valence electrons. The summed E-state index contributed by atoms with van der Waals surface area (Å²) in [6.07, 6.45) is 5.61. The minimum Gasteiger partial charge on any atom is -0.441 e. The van der Waals surface area contributed by atoms with Gasteiger partial charge in [0, 0.05) is 39.0 Å². The molecule has 10 heteroatoms. The first kappa shape index (κ1) is 19.4. The number of carbonyl (C=O) groups is 1. The van der Waals surface area contributed by atoms with Gasteiger partial charge in [-0.15, -0.1) is 0 Å². The van der Waals surface area contributed by atoms with E-state index in [9.17, 15) is 18.4 Å². The SMILES string of the molecule is Cn1c(=O)n(CC2CC2(F)F)c2ccc(C3=CC4CN(C(=O)c5ncco5)CC4C3)nc21. The van der Waals surface area contributed by atoms with E-state index in [4.69, 9.17) is 9.40 Å². The molecule has 3 aromatic heterocycles. The highest BCUT2D eigenvalue weighted by Gasteiger charge is 2.57. The fourth-order valence-corrected chi connectivity index (χ4v) is 5.05. The number of halogens is 2. The molecule has 2 aliphatic carbocycles. The summed E-state index contributed by atoms with van der Waals surface area (Å²) in [6.45, 7) is 1.23. The zero-order chi connectivity index (χ0) is 22.2. The third kappa shape index (κ3) is 2.92. The minimum absolute atomic E-state index is 0.00539. The number of fused-ring (bicyclic) bond motifs is 2. The molecule has 1 amide bonds. The highest BCUT2D eigenvalue weighted by atomic mass is 19.3. The van der Waals surface area contributed by atoms with Crippen molar-refractivity contribution in [1.82, 2.24) is 24.0 Å². The summed E-state index contributed by atoms with van der Waals surface area (Å²) in [5, 5.41) is 0. The molecular weight excluding hydrogens is 420 g/mol. The number of nitrogens with zero attached hydrogens (tertiary/aromatic N) is 5. The number of carbonyl (C=O) groups excluding carboxylic acids is 1. The van der Waals surface area contributed by atoms with Gasteiger partial charge in [-0.3, -0.25) is 13.9 Å². The van der Waals surface area contributed by atoms with Crippen LogP contribution in [0.15, 0.2) is 39.9 Å². The van der Waals surface area contributed by atoms with Crippen molar-refractivity contribution in [1.29, 1.82) is 0 Å². The van der Waals surface area contributed by atoms with Gasteiger partial charge in [-0.2, -0.15) is 0 Å². The Labute approximate surface area is 181 Å². The summed E-state index contributed by atoms with van der Waals surface area (Å²) >= 11 is 0. The highest BCUT2D eigenvalue weighted by molar-refractivity contribution is 5.90. The van der Waals surface area contributed by atoms with Crippen molar-refractivity contribution in [3.63, 3.8) is 0 Å². The van der Waals surface area contributed by atoms with E-state index in [1.165, 1.54) is 21.6 Å². The van der Waals surface area contributed by atoms with Gasteiger partial charge in [0.25, 0.3) is 11.8 Å². The number of alkyl halides is 2. The van der Waals surface area contributed by atoms with Gasteiger partial charge in [0.1, 0.15) is 6.26 Å². The number of imidazole rings is 1. The summed E-state index contributed by atoms with van der Waals surface area (Å²) in [6, 6.07) is 3.65. The lowest BCUT2D eigenvalue weighted by Gasteiger charge is -2.15. The van der Waals surface area contributed by atoms with Crippen molar-refractivity contribution in [2.75, 3.05) is 13.1 Å². The van der Waals surface area contributed by atoms with Gasteiger partial charge in [-0.25, -0.2) is 23.5 Å². The van der Waals surface area contributed by atoms with Crippen LogP contribution >= 0.6 is 0 Å². The molecule has 1 saturated carbocycles. The summed E-state index contributed by atoms with van der Waals surface area (Å²) < 4.78 is 34.7. The van der Waals surface area contributed by atoms with Crippen LogP contribution in [-0.4, -0.2) is 48.9 Å². The Balaban J connectivity index is 1.24. The lowest BCUT2D eigenvalue weighted by atomic mass is 9.99. The molecule has 3 atom stereocenters. The Morgan fingerprint density at radius 2 is 2.12 bits per heavy atom. The molecule has 3 aliphatic rings. The average molecular weight is 441 g/mol. The second-order valence-electron chi connectivity index (χ2n) is 9.02. The van der Waals surface area contributed by atoms with E-state index in [0.29, 0.717) is 30.2 Å². The van der Waals surface area contributed by atoms with E-state index < -0.39 is 11.8 Å². The standard InChI is InChI=1S/C22H21F2N5O3/c1-27-18-17(29(21(27)31)11-15-8-22(15,23)24)3-2-16(26-18)12-6-13-9-28(10-14(13)7-12)20(30)19-25-4-5-32-19/h2-6,13-15H,7-11H2,1H3. The van der Waals surface area contributed by atoms with Crippen LogP contribution in [0, 0.1) is 17.8 Å². The van der Waals surface area contributed by atoms with E-state index in [1.54, 1.807) is 18.0 Å². The molecule has 0 radical (unpaired) electrons. The summed E-state index contributed by atoms with van der Waals surface area (Å²) in [7, 11) is 1.62. The first-order chi connectivity index (χ1) is 15.3. The predicted molar refractivity (Wildman–Crippen MR) is 110 cm³/mol. The number of likely N-dealkylation sites (tertiary alicyclic amines) is 1. The van der Waals surface area contributed by atoms with Crippen molar-refractivity contribution in [3.8, 4) is 0 Å². The molecule has 3 unspecified atom stereocenters. The Morgan fingerprint density at radius 1 is 1.31 bits per heavy atom. The highest BCUT2D eigenvalue weighted by Crippen LogP contribution is 2.49. The lowest BCUT2D eigenvalue weighted by molar-refractivity contribution is 0.0745. The van der Waals surface area contributed by atoms with E-state index >= 15 is 0 Å². The molecule has 0 N–H and O–H groups in total. The Hall–Kier alpha value is -3.30. The molecule has 32 heavy (non-hydrogen) atoms. The van der Waals surface area contributed by atoms with Crippen LogP contribution < -0.4 is 5.69 Å². The number of amides is 1. The van der Waals surface area contributed by atoms with Gasteiger partial charge in [-0.1, -0.05) is 6.08 Å². The van der Waals surface area contributed by atoms with Crippen molar-refractivity contribution in [2.24, 2.45) is 24.8 Å². The quantitative estimate of drug-likeness (QED) is 0.621. The lowest BCUT2D eigenvalue weighted by Crippen LogP contribution is -2.29. The number of pyridine rings is 1. The molecule has 3 aromatic rings. The number of hydrogen-bond acceptors (Lipinski definition) is 5. The molecule has 0 spiro atoms. The molecule has 0 bridgehead atoms. The van der Waals surface area contributed by atoms with E-state index in [0.717, 1.165) is 17.7 Å². The van der Waals surface area contributed by atoms with Gasteiger partial charge in [0.2, 0.25) is 0 Å². The molecule has 2 fully saturated rings.